The van der Waals surface area contributed by atoms with Crippen molar-refractivity contribution >= 4 is 23.5 Å². The van der Waals surface area contributed by atoms with E-state index in [0.717, 1.165) is 45.5 Å². The molecular formula is C29H28N6O2. The Labute approximate surface area is 215 Å². The van der Waals surface area contributed by atoms with E-state index < -0.39 is 0 Å². The van der Waals surface area contributed by atoms with Crippen molar-refractivity contribution < 1.29 is 9.53 Å². The highest BCUT2D eigenvalue weighted by atomic mass is 16.5. The topological polar surface area (TPSA) is 96.0 Å². The molecule has 37 heavy (non-hydrogen) atoms. The fourth-order valence-corrected chi connectivity index (χ4v) is 4.84. The molecule has 1 aliphatic heterocycles. The van der Waals surface area contributed by atoms with Gasteiger partial charge in [-0.1, -0.05) is 31.2 Å². The van der Waals surface area contributed by atoms with Gasteiger partial charge in [0.15, 0.2) is 5.82 Å². The van der Waals surface area contributed by atoms with Gasteiger partial charge in [-0.15, -0.1) is 0 Å². The zero-order valence-electron chi connectivity index (χ0n) is 20.6. The molecule has 8 heteroatoms. The van der Waals surface area contributed by atoms with Crippen molar-refractivity contribution in [2.45, 2.75) is 25.9 Å². The summed E-state index contributed by atoms with van der Waals surface area (Å²) in [5.41, 5.74) is 7.04. The van der Waals surface area contributed by atoms with Crippen molar-refractivity contribution in [3.8, 4) is 22.5 Å². The lowest BCUT2D eigenvalue weighted by Gasteiger charge is -2.32. The molecule has 186 valence electrons. The summed E-state index contributed by atoms with van der Waals surface area (Å²) in [4.78, 5) is 24.3. The van der Waals surface area contributed by atoms with Gasteiger partial charge < -0.3 is 15.0 Å². The van der Waals surface area contributed by atoms with Gasteiger partial charge in [-0.05, 0) is 53.5 Å². The number of anilines is 2. The molecule has 2 N–H and O–H groups in total. The number of aromatic amines is 1. The van der Waals surface area contributed by atoms with Crippen molar-refractivity contribution in [2.24, 2.45) is 0 Å². The van der Waals surface area contributed by atoms with Crippen LogP contribution >= 0.6 is 0 Å². The second-order valence-electron chi connectivity index (χ2n) is 9.37. The molecule has 4 aromatic rings. The number of H-pyrrole nitrogens is 1. The van der Waals surface area contributed by atoms with E-state index in [4.69, 9.17) is 9.72 Å². The van der Waals surface area contributed by atoms with Crippen LogP contribution in [0.3, 0.4) is 0 Å². The smallest absolute Gasteiger partial charge is 0.250 e. The van der Waals surface area contributed by atoms with Gasteiger partial charge in [0.05, 0.1) is 18.9 Å². The van der Waals surface area contributed by atoms with Crippen molar-refractivity contribution in [1.29, 1.82) is 0 Å². The quantitative estimate of drug-likeness (QED) is 0.399. The Morgan fingerprint density at radius 2 is 2.00 bits per heavy atom. The lowest BCUT2D eigenvalue weighted by Crippen LogP contribution is -2.45. The van der Waals surface area contributed by atoms with Gasteiger partial charge >= 0.3 is 0 Å². The van der Waals surface area contributed by atoms with Crippen molar-refractivity contribution in [1.82, 2.24) is 25.1 Å². The molecule has 1 amide bonds. The lowest BCUT2D eigenvalue weighted by molar-refractivity contribution is -0.134. The number of fused-ring (bicyclic) bond motifs is 1. The maximum Gasteiger partial charge on any atom is 0.250 e. The monoisotopic (exact) mass is 492 g/mol. The first kappa shape index (κ1) is 23.1. The van der Waals surface area contributed by atoms with Crippen molar-refractivity contribution in [3.63, 3.8) is 0 Å². The molecule has 2 aromatic carbocycles. The first-order valence-corrected chi connectivity index (χ1v) is 12.6. The molecule has 1 atom stereocenters. The van der Waals surface area contributed by atoms with E-state index >= 15 is 0 Å². The Kier molecular flexibility index (Phi) is 6.24. The highest BCUT2D eigenvalue weighted by Gasteiger charge is 2.28. The Hall–Kier alpha value is -4.30. The predicted molar refractivity (Wildman–Crippen MR) is 143 cm³/mol. The van der Waals surface area contributed by atoms with E-state index in [9.17, 15) is 4.79 Å². The number of ether oxygens (including phenoxy) is 1. The van der Waals surface area contributed by atoms with Crippen LogP contribution < -0.4 is 5.32 Å². The standard InChI is InChI=1S/C29H28N6O2/c1-2-26-18-35(11-12-37-26)29(36)23-13-20-3-4-21(14-22(20)15-23)28-30-10-9-27(34-28)33-25-7-5-19(6-8-25)24-16-31-32-17-24/h3-10,13-14,16-17,26H,2,11-12,15,18H2,1H3,(H,31,32)(H,30,33,34)/t26-/m0/s1. The van der Waals surface area contributed by atoms with E-state index in [0.29, 0.717) is 37.8 Å². The summed E-state index contributed by atoms with van der Waals surface area (Å²) in [6, 6.07) is 16.1. The molecule has 1 aliphatic carbocycles. The van der Waals surface area contributed by atoms with Crippen LogP contribution in [0.4, 0.5) is 11.5 Å². The maximum absolute atomic E-state index is 13.2. The number of morpholine rings is 1. The van der Waals surface area contributed by atoms with Crippen LogP contribution in [-0.2, 0) is 16.0 Å². The lowest BCUT2D eigenvalue weighted by atomic mass is 10.0. The summed E-state index contributed by atoms with van der Waals surface area (Å²) in [5, 5.41) is 10.2. The van der Waals surface area contributed by atoms with Crippen LogP contribution in [0.25, 0.3) is 28.6 Å². The summed E-state index contributed by atoms with van der Waals surface area (Å²) in [6.45, 7) is 4.00. The number of nitrogens with one attached hydrogen (secondary N) is 2. The van der Waals surface area contributed by atoms with E-state index in [1.807, 2.05) is 53.6 Å². The van der Waals surface area contributed by atoms with Crippen LogP contribution in [0.5, 0.6) is 0 Å². The molecule has 0 spiro atoms. The number of carbonyl (C=O) groups excluding carboxylic acids is 1. The third-order valence-electron chi connectivity index (χ3n) is 6.91. The molecule has 2 aromatic heterocycles. The average Bonchev–Trinajstić information content (AvgIpc) is 3.63. The summed E-state index contributed by atoms with van der Waals surface area (Å²) >= 11 is 0. The molecule has 0 unspecified atom stereocenters. The highest BCUT2D eigenvalue weighted by molar-refractivity contribution is 6.00. The summed E-state index contributed by atoms with van der Waals surface area (Å²) in [6.07, 6.45) is 9.11. The molecule has 1 saturated heterocycles. The van der Waals surface area contributed by atoms with E-state index in [-0.39, 0.29) is 12.0 Å². The Morgan fingerprint density at radius 1 is 1.14 bits per heavy atom. The van der Waals surface area contributed by atoms with Crippen molar-refractivity contribution in [3.05, 3.63) is 83.8 Å². The van der Waals surface area contributed by atoms with Crippen LogP contribution in [-0.4, -0.2) is 56.8 Å². The van der Waals surface area contributed by atoms with E-state index in [2.05, 4.69) is 39.6 Å². The normalized spacial score (nSPS) is 16.8. The number of aromatic nitrogens is 4. The number of carbonyl (C=O) groups is 1. The Balaban J connectivity index is 1.15. The number of rotatable bonds is 6. The third kappa shape index (κ3) is 4.88. The van der Waals surface area contributed by atoms with Crippen LogP contribution in [0.15, 0.2) is 72.7 Å². The van der Waals surface area contributed by atoms with Crippen LogP contribution in [0.2, 0.25) is 0 Å². The van der Waals surface area contributed by atoms with Gasteiger partial charge in [0, 0.05) is 54.3 Å². The molecular weight excluding hydrogens is 464 g/mol. The van der Waals surface area contributed by atoms with Crippen LogP contribution in [0, 0.1) is 0 Å². The highest BCUT2D eigenvalue weighted by Crippen LogP contribution is 2.31. The van der Waals surface area contributed by atoms with Crippen LogP contribution in [0.1, 0.15) is 24.5 Å². The van der Waals surface area contributed by atoms with Gasteiger partial charge in [0.1, 0.15) is 5.82 Å². The minimum atomic E-state index is 0.112. The molecule has 1 fully saturated rings. The minimum absolute atomic E-state index is 0.112. The first-order valence-electron chi connectivity index (χ1n) is 12.6. The van der Waals surface area contributed by atoms with E-state index in [1.54, 1.807) is 12.4 Å². The first-order chi connectivity index (χ1) is 18.2. The summed E-state index contributed by atoms with van der Waals surface area (Å²) < 4.78 is 5.73. The number of nitrogens with zero attached hydrogens (tertiary/aromatic N) is 4. The second-order valence-corrected chi connectivity index (χ2v) is 9.37. The number of hydrogen-bond acceptors (Lipinski definition) is 6. The number of hydrogen-bond donors (Lipinski definition) is 2. The molecule has 8 nitrogen and oxygen atoms in total. The molecule has 0 bridgehead atoms. The largest absolute Gasteiger partial charge is 0.375 e. The average molecular weight is 493 g/mol. The Morgan fingerprint density at radius 3 is 2.81 bits per heavy atom. The van der Waals surface area contributed by atoms with Gasteiger partial charge in [-0.25, -0.2) is 9.97 Å². The zero-order chi connectivity index (χ0) is 25.2. The minimum Gasteiger partial charge on any atom is -0.375 e. The molecule has 3 heterocycles. The number of amides is 1. The van der Waals surface area contributed by atoms with Gasteiger partial charge in [-0.3, -0.25) is 9.89 Å². The molecule has 0 saturated carbocycles. The predicted octanol–water partition coefficient (Wildman–Crippen LogP) is 4.85. The number of benzene rings is 2. The molecule has 0 radical (unpaired) electrons. The van der Waals surface area contributed by atoms with Gasteiger partial charge in [0.2, 0.25) is 5.91 Å². The SMILES string of the molecule is CC[C@H]1CN(C(=O)C2=Cc3ccc(-c4nccc(Nc5ccc(-c6cn[nH]c6)cc5)n4)cc3C2)CCO1. The van der Waals surface area contributed by atoms with Gasteiger partial charge in [0.25, 0.3) is 0 Å². The molecule has 2 aliphatic rings. The maximum atomic E-state index is 13.2. The van der Waals surface area contributed by atoms with Crippen molar-refractivity contribution in [2.75, 3.05) is 25.0 Å². The fraction of sp³-hybridized carbons (Fsp3) is 0.241. The molecule has 6 rings (SSSR count). The second kappa shape index (κ2) is 9.99. The van der Waals surface area contributed by atoms with E-state index in [1.165, 1.54) is 0 Å². The third-order valence-corrected chi connectivity index (χ3v) is 6.91. The fourth-order valence-electron chi connectivity index (χ4n) is 4.84. The van der Waals surface area contributed by atoms with Gasteiger partial charge in [-0.2, -0.15) is 5.10 Å². The summed E-state index contributed by atoms with van der Waals surface area (Å²) in [5.74, 6) is 1.47. The zero-order valence-corrected chi connectivity index (χ0v) is 20.6. The summed E-state index contributed by atoms with van der Waals surface area (Å²) in [7, 11) is 0. The Bertz CT molecular complexity index is 1450.